The van der Waals surface area contributed by atoms with Crippen LogP contribution in [0.3, 0.4) is 0 Å². The molecule has 1 atom stereocenters. The number of anilines is 1. The number of nitrogens with zero attached hydrogens (tertiary/aromatic N) is 1. The van der Waals surface area contributed by atoms with E-state index in [1.165, 1.54) is 0 Å². The number of carboxylic acid groups (broad SMARTS) is 1. The molecule has 0 spiro atoms. The highest BCUT2D eigenvalue weighted by Gasteiger charge is 2.18. The van der Waals surface area contributed by atoms with Gasteiger partial charge in [-0.15, -0.1) is 0 Å². The summed E-state index contributed by atoms with van der Waals surface area (Å²) in [5, 5.41) is 12.2. The van der Waals surface area contributed by atoms with Crippen LogP contribution in [0.4, 0.5) is 10.5 Å². The summed E-state index contributed by atoms with van der Waals surface area (Å²) in [5.41, 5.74) is 3.70. The number of nitrogens with one attached hydrogen (secondary N) is 1. The third kappa shape index (κ3) is 6.88. The fraction of sp³-hybridized carbons (Fsp3) is 0.417. The summed E-state index contributed by atoms with van der Waals surface area (Å²) in [4.78, 5) is 25.3. The van der Waals surface area contributed by atoms with Gasteiger partial charge in [-0.1, -0.05) is 56.2 Å². The lowest BCUT2D eigenvalue weighted by molar-refractivity contribution is -0.149. The molecule has 162 valence electrons. The number of rotatable bonds is 11. The first kappa shape index (κ1) is 23.4. The molecular formula is C24H32N2O4. The molecule has 0 aromatic heterocycles. The number of amides is 2. The lowest BCUT2D eigenvalue weighted by atomic mass is 10.0. The molecule has 2 aromatic carbocycles. The van der Waals surface area contributed by atoms with Crippen molar-refractivity contribution >= 4 is 17.7 Å². The fourth-order valence-corrected chi connectivity index (χ4v) is 3.17. The minimum atomic E-state index is -0.954. The molecule has 6 heteroatoms. The zero-order chi connectivity index (χ0) is 21.9. The van der Waals surface area contributed by atoms with Crippen LogP contribution < -0.4 is 10.2 Å². The largest absolute Gasteiger partial charge is 0.479 e. The molecule has 2 rings (SSSR count). The van der Waals surface area contributed by atoms with Crippen LogP contribution >= 0.6 is 0 Å². The van der Waals surface area contributed by atoms with Crippen LogP contribution in [0.1, 0.15) is 38.7 Å². The third-order valence-corrected chi connectivity index (χ3v) is 4.95. The van der Waals surface area contributed by atoms with E-state index in [1.807, 2.05) is 48.5 Å². The Morgan fingerprint density at radius 2 is 1.80 bits per heavy atom. The van der Waals surface area contributed by atoms with Crippen molar-refractivity contribution < 1.29 is 19.4 Å². The quantitative estimate of drug-likeness (QED) is 0.523. The first-order chi connectivity index (χ1) is 14.5. The molecule has 0 bridgehead atoms. The van der Waals surface area contributed by atoms with Crippen molar-refractivity contribution in [2.75, 3.05) is 25.1 Å². The van der Waals surface area contributed by atoms with Crippen molar-refractivity contribution in [2.45, 2.75) is 45.6 Å². The maximum atomic E-state index is 12.4. The van der Waals surface area contributed by atoms with Gasteiger partial charge in [-0.25, -0.2) is 9.59 Å². The number of hydrogen-bond donors (Lipinski definition) is 2. The molecule has 0 aliphatic carbocycles. The molecule has 0 heterocycles. The summed E-state index contributed by atoms with van der Waals surface area (Å²) in [6, 6.07) is 15.4. The number of unbranched alkanes of at least 4 members (excludes halogenated alkanes) is 2. The molecule has 2 N–H and O–H groups in total. The lowest BCUT2D eigenvalue weighted by Gasteiger charge is -2.19. The van der Waals surface area contributed by atoms with Gasteiger partial charge < -0.3 is 15.2 Å². The van der Waals surface area contributed by atoms with Crippen molar-refractivity contribution in [1.29, 1.82) is 0 Å². The predicted octanol–water partition coefficient (Wildman–Crippen LogP) is 4.72. The summed E-state index contributed by atoms with van der Waals surface area (Å²) in [5.74, 6) is -0.954. The van der Waals surface area contributed by atoms with E-state index in [0.29, 0.717) is 19.6 Å². The van der Waals surface area contributed by atoms with Gasteiger partial charge in [0.25, 0.3) is 0 Å². The topological polar surface area (TPSA) is 78.9 Å². The smallest absolute Gasteiger partial charge is 0.333 e. The second-order valence-corrected chi connectivity index (χ2v) is 7.23. The summed E-state index contributed by atoms with van der Waals surface area (Å²) < 4.78 is 5.29. The monoisotopic (exact) mass is 412 g/mol. The van der Waals surface area contributed by atoms with Gasteiger partial charge in [-0.3, -0.25) is 4.90 Å². The van der Waals surface area contributed by atoms with Gasteiger partial charge in [-0.05, 0) is 42.2 Å². The third-order valence-electron chi connectivity index (χ3n) is 4.95. The van der Waals surface area contributed by atoms with Crippen LogP contribution in [0.25, 0.3) is 11.1 Å². The minimum Gasteiger partial charge on any atom is -0.479 e. The Hall–Kier alpha value is -2.86. The van der Waals surface area contributed by atoms with Crippen LogP contribution in [0, 0.1) is 0 Å². The molecule has 0 unspecified atom stereocenters. The Labute approximate surface area is 178 Å². The second-order valence-electron chi connectivity index (χ2n) is 7.23. The van der Waals surface area contributed by atoms with Crippen molar-refractivity contribution in [3.63, 3.8) is 0 Å². The van der Waals surface area contributed by atoms with Crippen molar-refractivity contribution in [3.05, 3.63) is 54.1 Å². The maximum Gasteiger partial charge on any atom is 0.333 e. The van der Waals surface area contributed by atoms with Gasteiger partial charge in [0.05, 0.1) is 0 Å². The molecule has 0 fully saturated rings. The summed E-state index contributed by atoms with van der Waals surface area (Å²) in [7, 11) is 1.76. The zero-order valence-electron chi connectivity index (χ0n) is 18.1. The van der Waals surface area contributed by atoms with E-state index >= 15 is 0 Å². The zero-order valence-corrected chi connectivity index (χ0v) is 18.1. The van der Waals surface area contributed by atoms with E-state index in [-0.39, 0.29) is 6.03 Å². The summed E-state index contributed by atoms with van der Waals surface area (Å²) >= 11 is 0. The Balaban J connectivity index is 2.06. The second kappa shape index (κ2) is 12.0. The van der Waals surface area contributed by atoms with E-state index in [9.17, 15) is 14.7 Å². The molecule has 0 aliphatic heterocycles. The molecule has 0 aliphatic rings. The number of carbonyl (C=O) groups excluding carboxylic acids is 1. The normalized spacial score (nSPS) is 11.7. The molecular weight excluding hydrogens is 380 g/mol. The van der Waals surface area contributed by atoms with Crippen LogP contribution in [0.15, 0.2) is 48.5 Å². The minimum absolute atomic E-state index is 0.116. The predicted molar refractivity (Wildman–Crippen MR) is 120 cm³/mol. The van der Waals surface area contributed by atoms with Crippen molar-refractivity contribution in [2.24, 2.45) is 0 Å². The Morgan fingerprint density at radius 3 is 2.43 bits per heavy atom. The highest BCUT2D eigenvalue weighted by molar-refractivity contribution is 5.92. The van der Waals surface area contributed by atoms with E-state index in [0.717, 1.165) is 41.6 Å². The van der Waals surface area contributed by atoms with E-state index in [4.69, 9.17) is 4.74 Å². The number of carboxylic acids is 1. The Bertz CT molecular complexity index is 820. The van der Waals surface area contributed by atoms with Crippen molar-refractivity contribution in [1.82, 2.24) is 5.32 Å². The SMILES string of the molecule is CCCCCNC(=O)N(C)c1cccc(-c2ccc(C[C@H](OCC)C(=O)O)cc2)c1. The molecule has 30 heavy (non-hydrogen) atoms. The first-order valence-electron chi connectivity index (χ1n) is 10.5. The number of hydrogen-bond acceptors (Lipinski definition) is 3. The van der Waals surface area contributed by atoms with Crippen LogP contribution in [-0.2, 0) is 16.0 Å². The van der Waals surface area contributed by atoms with Gasteiger partial charge >= 0.3 is 12.0 Å². The Morgan fingerprint density at radius 1 is 1.07 bits per heavy atom. The average Bonchev–Trinajstić information content (AvgIpc) is 2.76. The van der Waals surface area contributed by atoms with Crippen molar-refractivity contribution in [3.8, 4) is 11.1 Å². The number of urea groups is 1. The van der Waals surface area contributed by atoms with Gasteiger partial charge in [0.15, 0.2) is 6.10 Å². The van der Waals surface area contributed by atoms with E-state index < -0.39 is 12.1 Å². The molecule has 2 amide bonds. The maximum absolute atomic E-state index is 12.4. The highest BCUT2D eigenvalue weighted by atomic mass is 16.5. The molecule has 0 saturated carbocycles. The molecule has 0 radical (unpaired) electrons. The standard InChI is InChI=1S/C24H32N2O4/c1-4-6-7-15-25-24(29)26(3)21-10-8-9-20(17-21)19-13-11-18(12-14-19)16-22(23(27)28)30-5-2/h8-14,17,22H,4-7,15-16H2,1-3H3,(H,25,29)(H,27,28)/t22-/m0/s1. The van der Waals surface area contributed by atoms with Crippen LogP contribution in [0.2, 0.25) is 0 Å². The number of benzene rings is 2. The first-order valence-corrected chi connectivity index (χ1v) is 10.5. The fourth-order valence-electron chi connectivity index (χ4n) is 3.17. The van der Waals surface area contributed by atoms with Gasteiger partial charge in [0.2, 0.25) is 0 Å². The average molecular weight is 413 g/mol. The van der Waals surface area contributed by atoms with E-state index in [1.54, 1.807) is 18.9 Å². The molecule has 6 nitrogen and oxygen atoms in total. The molecule has 0 saturated heterocycles. The lowest BCUT2D eigenvalue weighted by Crippen LogP contribution is -2.37. The Kier molecular flexibility index (Phi) is 9.35. The number of ether oxygens (including phenoxy) is 1. The van der Waals surface area contributed by atoms with Crippen LogP contribution in [0.5, 0.6) is 0 Å². The number of aliphatic carboxylic acids is 1. The van der Waals surface area contributed by atoms with E-state index in [2.05, 4.69) is 12.2 Å². The van der Waals surface area contributed by atoms with Gasteiger partial charge in [0.1, 0.15) is 0 Å². The van der Waals surface area contributed by atoms with Gasteiger partial charge in [-0.2, -0.15) is 0 Å². The molecule has 2 aromatic rings. The van der Waals surface area contributed by atoms with Gasteiger partial charge in [0, 0.05) is 32.3 Å². The number of carbonyl (C=O) groups is 2. The van der Waals surface area contributed by atoms with Crippen LogP contribution in [-0.4, -0.2) is 43.4 Å². The summed E-state index contributed by atoms with van der Waals surface area (Å²) in [6.07, 6.45) is 2.69. The highest BCUT2D eigenvalue weighted by Crippen LogP contribution is 2.25. The summed E-state index contributed by atoms with van der Waals surface area (Å²) in [6.45, 7) is 4.96.